The molecule has 4 aromatic carbocycles. The van der Waals surface area contributed by atoms with E-state index in [1.807, 2.05) is 48.5 Å². The molecule has 0 saturated carbocycles. The Balaban J connectivity index is 1.22. The molecule has 4 aromatic rings. The fourth-order valence-corrected chi connectivity index (χ4v) is 6.12. The first-order chi connectivity index (χ1) is 18.8. The first-order valence-corrected chi connectivity index (χ1v) is 15.7. The summed E-state index contributed by atoms with van der Waals surface area (Å²) < 4.78 is 0. The molecule has 11 heteroatoms. The van der Waals surface area contributed by atoms with Crippen LogP contribution >= 0.6 is 81.7 Å². The van der Waals surface area contributed by atoms with E-state index in [9.17, 15) is 9.59 Å². The van der Waals surface area contributed by atoms with Gasteiger partial charge in [0.1, 0.15) is 0 Å². The predicted molar refractivity (Wildman–Crippen MR) is 169 cm³/mol. The molecule has 39 heavy (non-hydrogen) atoms. The third-order valence-corrected chi connectivity index (χ3v) is 9.75. The molecule has 0 unspecified atom stereocenters. The number of nitrogens with one attached hydrogen (secondary N) is 2. The van der Waals surface area contributed by atoms with Crippen molar-refractivity contribution in [2.75, 3.05) is 22.1 Å². The van der Waals surface area contributed by atoms with Gasteiger partial charge in [-0.05, 0) is 72.8 Å². The van der Waals surface area contributed by atoms with Gasteiger partial charge in [-0.25, -0.2) is 0 Å². The minimum Gasteiger partial charge on any atom is -0.324 e. The Labute approximate surface area is 259 Å². The van der Waals surface area contributed by atoms with Crippen molar-refractivity contribution in [2.45, 2.75) is 19.6 Å². The van der Waals surface area contributed by atoms with Crippen molar-refractivity contribution in [3.63, 3.8) is 0 Å². The Morgan fingerprint density at radius 2 is 0.897 bits per heavy atom. The summed E-state index contributed by atoms with van der Waals surface area (Å²) in [5.41, 5.74) is 0.994. The zero-order valence-corrected chi connectivity index (χ0v) is 25.5. The monoisotopic (exact) mass is 652 g/mol. The lowest BCUT2D eigenvalue weighted by molar-refractivity contribution is -0.114. The molecule has 0 aliphatic rings. The topological polar surface area (TPSA) is 58.2 Å². The van der Waals surface area contributed by atoms with Crippen molar-refractivity contribution in [3.05, 3.63) is 105 Å². The van der Waals surface area contributed by atoms with Crippen LogP contribution in [0.25, 0.3) is 0 Å². The van der Waals surface area contributed by atoms with E-state index < -0.39 is 0 Å². The first-order valence-electron chi connectivity index (χ1n) is 11.4. The maximum absolute atomic E-state index is 12.3. The van der Waals surface area contributed by atoms with Gasteiger partial charge >= 0.3 is 0 Å². The van der Waals surface area contributed by atoms with Crippen LogP contribution in [0.2, 0.25) is 20.1 Å². The molecule has 0 radical (unpaired) electrons. The molecule has 0 spiro atoms. The molecule has 0 bridgehead atoms. The van der Waals surface area contributed by atoms with Crippen LogP contribution in [0.15, 0.2) is 105 Å². The average molecular weight is 654 g/mol. The Bertz CT molecular complexity index is 1360. The maximum Gasteiger partial charge on any atom is 0.234 e. The first kappa shape index (κ1) is 30.0. The molecule has 0 saturated heterocycles. The van der Waals surface area contributed by atoms with Gasteiger partial charge in [-0.1, -0.05) is 70.3 Å². The number of rotatable bonds is 10. The van der Waals surface area contributed by atoms with E-state index in [-0.39, 0.29) is 23.3 Å². The van der Waals surface area contributed by atoms with Crippen LogP contribution in [0.1, 0.15) is 0 Å². The highest BCUT2D eigenvalue weighted by molar-refractivity contribution is 8.00. The highest BCUT2D eigenvalue weighted by Crippen LogP contribution is 2.33. The Morgan fingerprint density at radius 3 is 1.28 bits per heavy atom. The molecule has 2 N–H and O–H groups in total. The number of carbonyl (C=O) groups excluding carboxylic acids is 2. The van der Waals surface area contributed by atoms with Gasteiger partial charge in [0.2, 0.25) is 11.8 Å². The Hall–Kier alpha value is -1.97. The van der Waals surface area contributed by atoms with Crippen molar-refractivity contribution in [1.29, 1.82) is 0 Å². The number of carbonyl (C=O) groups is 2. The van der Waals surface area contributed by atoms with Crippen molar-refractivity contribution >= 4 is 105 Å². The van der Waals surface area contributed by atoms with Crippen LogP contribution in [0.5, 0.6) is 0 Å². The Kier molecular flexibility index (Phi) is 11.2. The maximum atomic E-state index is 12.3. The van der Waals surface area contributed by atoms with Crippen LogP contribution in [0, 0.1) is 0 Å². The van der Waals surface area contributed by atoms with Crippen molar-refractivity contribution < 1.29 is 9.59 Å². The number of benzene rings is 4. The van der Waals surface area contributed by atoms with E-state index >= 15 is 0 Å². The number of hydrogen-bond acceptors (Lipinski definition) is 5. The number of thioether (sulfide) groups is 2. The lowest BCUT2D eigenvalue weighted by Gasteiger charge is -2.09. The van der Waals surface area contributed by atoms with Gasteiger partial charge in [-0.15, -0.1) is 23.5 Å². The lowest BCUT2D eigenvalue weighted by Crippen LogP contribution is -2.14. The van der Waals surface area contributed by atoms with Crippen molar-refractivity contribution in [3.8, 4) is 0 Å². The lowest BCUT2D eigenvalue weighted by atomic mass is 10.3. The van der Waals surface area contributed by atoms with Gasteiger partial charge in [0.25, 0.3) is 0 Å². The van der Waals surface area contributed by atoms with E-state index in [1.54, 1.807) is 48.2 Å². The summed E-state index contributed by atoms with van der Waals surface area (Å²) in [6, 6.07) is 26.3. The smallest absolute Gasteiger partial charge is 0.234 e. The largest absolute Gasteiger partial charge is 0.324 e. The van der Waals surface area contributed by atoms with Crippen LogP contribution in [0.4, 0.5) is 11.4 Å². The van der Waals surface area contributed by atoms with Crippen LogP contribution in [-0.2, 0) is 9.59 Å². The molecule has 4 rings (SSSR count). The average Bonchev–Trinajstić information content (AvgIpc) is 2.93. The predicted octanol–water partition coefficient (Wildman–Crippen LogP) is 9.91. The summed E-state index contributed by atoms with van der Waals surface area (Å²) in [5.74, 6) is 0.176. The molecule has 0 heterocycles. The van der Waals surface area contributed by atoms with E-state index in [0.717, 1.165) is 19.6 Å². The third-order valence-electron chi connectivity index (χ3n) is 5.07. The number of anilines is 2. The molecule has 0 aliphatic carbocycles. The zero-order chi connectivity index (χ0) is 27.8. The fraction of sp³-hybridized carbons (Fsp3) is 0.0714. The summed E-state index contributed by atoms with van der Waals surface area (Å²) in [6.45, 7) is 0. The molecule has 0 fully saturated rings. The third kappa shape index (κ3) is 9.02. The van der Waals surface area contributed by atoms with E-state index in [0.29, 0.717) is 31.5 Å². The van der Waals surface area contributed by atoms with Crippen molar-refractivity contribution in [1.82, 2.24) is 0 Å². The summed E-state index contributed by atoms with van der Waals surface area (Å²) in [5, 5.41) is 7.02. The molecule has 0 aromatic heterocycles. The zero-order valence-electron chi connectivity index (χ0n) is 20.1. The minimum atomic E-state index is -0.161. The molecule has 0 aliphatic heterocycles. The summed E-state index contributed by atoms with van der Waals surface area (Å²) in [6.07, 6.45) is 0. The second kappa shape index (κ2) is 14.6. The highest BCUT2D eigenvalue weighted by atomic mass is 35.5. The SMILES string of the molecule is O=C(CSc1ccc(Sc2ccc(SCC(=O)Nc3cccc(Cl)c3Cl)cc2)cc1)Nc1cccc(Cl)c1Cl. The number of amides is 2. The summed E-state index contributed by atoms with van der Waals surface area (Å²) in [7, 11) is 0. The molecule has 2 amide bonds. The quantitative estimate of drug-likeness (QED) is 0.167. The fourth-order valence-electron chi connectivity index (χ4n) is 3.21. The van der Waals surface area contributed by atoms with E-state index in [1.165, 1.54) is 23.5 Å². The molecule has 0 atom stereocenters. The molecular formula is C28H20Cl4N2O2S3. The second-order valence-corrected chi connectivity index (χ2v) is 12.7. The highest BCUT2D eigenvalue weighted by Gasteiger charge is 2.10. The van der Waals surface area contributed by atoms with Crippen LogP contribution in [0.3, 0.4) is 0 Å². The Morgan fingerprint density at radius 1 is 0.538 bits per heavy atom. The summed E-state index contributed by atoms with van der Waals surface area (Å²) >= 11 is 28.8. The second-order valence-electron chi connectivity index (χ2n) is 7.92. The number of hydrogen-bond donors (Lipinski definition) is 2. The standard InChI is InChI=1S/C28H20Cl4N2O2S3/c29-21-3-1-5-23(27(21)31)33-25(35)15-37-17-7-11-19(12-8-17)39-20-13-9-18(10-14-20)38-16-26(36)34-24-6-2-4-22(30)28(24)32/h1-14H,15-16H2,(H,33,35)(H,34,36). The summed E-state index contributed by atoms with van der Waals surface area (Å²) in [4.78, 5) is 28.7. The van der Waals surface area contributed by atoms with Gasteiger partial charge in [0, 0.05) is 19.6 Å². The van der Waals surface area contributed by atoms with Gasteiger partial charge in [0.05, 0.1) is 43.0 Å². The van der Waals surface area contributed by atoms with Gasteiger partial charge < -0.3 is 10.6 Å². The van der Waals surface area contributed by atoms with Crippen molar-refractivity contribution in [2.24, 2.45) is 0 Å². The molecule has 4 nitrogen and oxygen atoms in total. The number of halogens is 4. The van der Waals surface area contributed by atoms with Crippen LogP contribution < -0.4 is 10.6 Å². The normalized spacial score (nSPS) is 10.8. The minimum absolute atomic E-state index is 0.161. The van der Waals surface area contributed by atoms with Gasteiger partial charge in [0.15, 0.2) is 0 Å². The molecule has 200 valence electrons. The van der Waals surface area contributed by atoms with Gasteiger partial charge in [-0.2, -0.15) is 0 Å². The van der Waals surface area contributed by atoms with Crippen LogP contribution in [-0.4, -0.2) is 23.3 Å². The van der Waals surface area contributed by atoms with E-state index in [4.69, 9.17) is 46.4 Å². The van der Waals surface area contributed by atoms with Gasteiger partial charge in [-0.3, -0.25) is 9.59 Å². The van der Waals surface area contributed by atoms with E-state index in [2.05, 4.69) is 10.6 Å². The molecular weight excluding hydrogens is 634 g/mol.